The van der Waals surface area contributed by atoms with E-state index in [1.807, 2.05) is 0 Å². The number of aliphatic hydroxyl groups excluding tert-OH is 1. The topological polar surface area (TPSA) is 102 Å². The molecule has 2 fully saturated rings. The lowest BCUT2D eigenvalue weighted by molar-refractivity contribution is -0.172. The molecular formula is C29H26F6N2O5. The van der Waals surface area contributed by atoms with Crippen molar-refractivity contribution in [3.63, 3.8) is 0 Å². The van der Waals surface area contributed by atoms with Crippen molar-refractivity contribution in [1.82, 2.24) is 4.90 Å². The van der Waals surface area contributed by atoms with E-state index < -0.39 is 76.0 Å². The maximum absolute atomic E-state index is 13.5. The van der Waals surface area contributed by atoms with Crippen LogP contribution in [0.5, 0.6) is 11.5 Å². The fraction of sp³-hybridized carbons (Fsp3) is 0.483. The van der Waals surface area contributed by atoms with Gasteiger partial charge in [0.2, 0.25) is 0 Å². The van der Waals surface area contributed by atoms with Crippen molar-refractivity contribution in [2.75, 3.05) is 18.4 Å². The molecule has 4 N–H and O–H groups in total. The number of aliphatic hydroxyl groups is 2. The van der Waals surface area contributed by atoms with Crippen LogP contribution in [0.4, 0.5) is 32.0 Å². The largest absolute Gasteiger partial charge is 0.508 e. The molecule has 2 heterocycles. The van der Waals surface area contributed by atoms with Crippen LogP contribution in [0, 0.1) is 5.92 Å². The summed E-state index contributed by atoms with van der Waals surface area (Å²) in [5, 5.41) is 36.7. The first-order valence-electron chi connectivity index (χ1n) is 13.6. The van der Waals surface area contributed by atoms with Gasteiger partial charge in [0.25, 0.3) is 5.91 Å². The summed E-state index contributed by atoms with van der Waals surface area (Å²) >= 11 is 0. The number of hydrogen-bond donors (Lipinski definition) is 4. The summed E-state index contributed by atoms with van der Waals surface area (Å²) in [6.07, 6.45) is -9.15. The Bertz CT molecular complexity index is 1520. The van der Waals surface area contributed by atoms with Crippen LogP contribution in [0.15, 0.2) is 41.7 Å². The number of likely N-dealkylation sites (tertiary alicyclic amines) is 1. The molecule has 3 aliphatic carbocycles. The van der Waals surface area contributed by atoms with Crippen LogP contribution in [-0.4, -0.2) is 57.0 Å². The second-order valence-corrected chi connectivity index (χ2v) is 12.0. The van der Waals surface area contributed by atoms with Crippen molar-refractivity contribution in [3.8, 4) is 11.5 Å². The molecule has 1 saturated heterocycles. The molecule has 2 bridgehead atoms. The Kier molecular flexibility index (Phi) is 5.58. The first-order chi connectivity index (χ1) is 19.6. The molecule has 0 aromatic heterocycles. The maximum atomic E-state index is 13.5. The van der Waals surface area contributed by atoms with Crippen molar-refractivity contribution < 1.29 is 51.2 Å². The van der Waals surface area contributed by atoms with Crippen LogP contribution in [0.1, 0.15) is 47.9 Å². The standard InChI is InChI=1S/C29H26F6N2O5/c30-28(31,32)15-8-16(29(33,34)35)10-17(9-15)36-25(40)18-11-27(41)20-7-14-3-4-19(38)23-21(14)26(27,24(42-23)22(18)39)5-6-37(20)12-13-1-2-13/h3-4,8-10,13,20,24,38-39,41H,1-2,5-7,11-12H2,(H,36,40)/t20-,24+,26+,27-/m1/s1. The molecule has 2 aromatic carbocycles. The normalized spacial score (nSPS) is 30.2. The number of anilines is 1. The Labute approximate surface area is 235 Å². The number of rotatable bonds is 4. The zero-order valence-electron chi connectivity index (χ0n) is 21.9. The van der Waals surface area contributed by atoms with Gasteiger partial charge in [-0.1, -0.05) is 6.07 Å². The van der Waals surface area contributed by atoms with Crippen LogP contribution in [0.25, 0.3) is 0 Å². The van der Waals surface area contributed by atoms with Crippen LogP contribution < -0.4 is 10.1 Å². The average Bonchev–Trinajstić information content (AvgIpc) is 3.64. The number of nitrogens with zero attached hydrogens (tertiary/aromatic N) is 1. The Balaban J connectivity index is 1.31. The molecule has 7 nitrogen and oxygen atoms in total. The highest BCUT2D eigenvalue weighted by molar-refractivity contribution is 6.05. The van der Waals surface area contributed by atoms with Gasteiger partial charge >= 0.3 is 12.4 Å². The summed E-state index contributed by atoms with van der Waals surface area (Å²) < 4.78 is 86.5. The summed E-state index contributed by atoms with van der Waals surface area (Å²) in [7, 11) is 0. The molecule has 42 heavy (non-hydrogen) atoms. The van der Waals surface area contributed by atoms with E-state index in [2.05, 4.69) is 10.2 Å². The lowest BCUT2D eigenvalue weighted by Crippen LogP contribution is -2.75. The Morgan fingerprint density at radius 3 is 2.33 bits per heavy atom. The van der Waals surface area contributed by atoms with Gasteiger partial charge in [-0.2, -0.15) is 26.3 Å². The van der Waals surface area contributed by atoms with Gasteiger partial charge in [0, 0.05) is 30.3 Å². The number of benzene rings is 2. The van der Waals surface area contributed by atoms with Gasteiger partial charge in [0.05, 0.1) is 27.7 Å². The van der Waals surface area contributed by atoms with Gasteiger partial charge in [0.1, 0.15) is 5.76 Å². The van der Waals surface area contributed by atoms with E-state index >= 15 is 0 Å². The van der Waals surface area contributed by atoms with Gasteiger partial charge in [-0.3, -0.25) is 9.69 Å². The van der Waals surface area contributed by atoms with E-state index in [-0.39, 0.29) is 17.6 Å². The first-order valence-corrected chi connectivity index (χ1v) is 13.6. The number of carbonyl (C=O) groups is 1. The van der Waals surface area contributed by atoms with Gasteiger partial charge in [-0.05, 0) is 68.0 Å². The minimum atomic E-state index is -5.12. The number of phenolic OH excluding ortho intramolecular Hbond substituents is 1. The van der Waals surface area contributed by atoms with Gasteiger partial charge in [-0.15, -0.1) is 0 Å². The highest BCUT2D eigenvalue weighted by atomic mass is 19.4. The molecule has 1 saturated carbocycles. The number of phenols is 1. The molecular weight excluding hydrogens is 570 g/mol. The summed E-state index contributed by atoms with van der Waals surface area (Å²) in [5.41, 5.74) is -5.90. The number of amides is 1. The number of ether oxygens (including phenoxy) is 1. The first kappa shape index (κ1) is 27.4. The second-order valence-electron chi connectivity index (χ2n) is 12.0. The van der Waals surface area contributed by atoms with Crippen LogP contribution in [0.2, 0.25) is 0 Å². The van der Waals surface area contributed by atoms with E-state index in [1.54, 1.807) is 6.07 Å². The molecule has 224 valence electrons. The maximum Gasteiger partial charge on any atom is 0.416 e. The van der Waals surface area contributed by atoms with E-state index in [1.165, 1.54) is 6.07 Å². The monoisotopic (exact) mass is 596 g/mol. The van der Waals surface area contributed by atoms with Gasteiger partial charge in [0.15, 0.2) is 17.6 Å². The summed E-state index contributed by atoms with van der Waals surface area (Å²) in [6, 6.07) is 3.41. The van der Waals surface area contributed by atoms with Crippen LogP contribution in [0.3, 0.4) is 0 Å². The van der Waals surface area contributed by atoms with Crippen molar-refractivity contribution >= 4 is 11.6 Å². The molecule has 7 rings (SSSR count). The number of halogens is 6. The lowest BCUT2D eigenvalue weighted by Gasteiger charge is -2.62. The van der Waals surface area contributed by atoms with E-state index in [0.717, 1.165) is 24.9 Å². The zero-order chi connectivity index (χ0) is 30.0. The predicted octanol–water partition coefficient (Wildman–Crippen LogP) is 5.05. The predicted molar refractivity (Wildman–Crippen MR) is 135 cm³/mol. The number of aromatic hydroxyl groups is 1. The molecule has 1 amide bonds. The number of piperidine rings is 1. The van der Waals surface area contributed by atoms with Crippen molar-refractivity contribution in [2.45, 2.75) is 67.6 Å². The summed E-state index contributed by atoms with van der Waals surface area (Å²) in [5.74, 6) is -1.40. The van der Waals surface area contributed by atoms with Crippen molar-refractivity contribution in [1.29, 1.82) is 0 Å². The second kappa shape index (κ2) is 8.56. The Morgan fingerprint density at radius 1 is 1.05 bits per heavy atom. The third-order valence-corrected chi connectivity index (χ3v) is 9.64. The van der Waals surface area contributed by atoms with Crippen LogP contribution >= 0.6 is 0 Å². The minimum Gasteiger partial charge on any atom is -0.508 e. The molecule has 1 spiro atoms. The Morgan fingerprint density at radius 2 is 1.71 bits per heavy atom. The van der Waals surface area contributed by atoms with Crippen molar-refractivity contribution in [2.24, 2.45) is 5.92 Å². The third-order valence-electron chi connectivity index (χ3n) is 9.64. The fourth-order valence-corrected chi connectivity index (χ4v) is 7.60. The quantitative estimate of drug-likeness (QED) is 0.369. The molecule has 2 aliphatic heterocycles. The fourth-order valence-electron chi connectivity index (χ4n) is 7.60. The minimum absolute atomic E-state index is 0.0508. The third kappa shape index (κ3) is 3.78. The molecule has 2 aromatic rings. The number of hydrogen-bond acceptors (Lipinski definition) is 6. The smallest absolute Gasteiger partial charge is 0.416 e. The van der Waals surface area contributed by atoms with E-state index in [9.17, 15) is 46.5 Å². The zero-order valence-corrected chi connectivity index (χ0v) is 21.9. The Hall–Kier alpha value is -3.45. The molecule has 13 heteroatoms. The number of alkyl halides is 6. The SMILES string of the molecule is O=C(Nc1cc(C(F)(F)F)cc(C(F)(F)F)c1)C1=C(O)[C@@H]2Oc3c(O)ccc4c3[C@@]23CCN(CC2CC2)[C@H](C4)[C@]3(O)C1. The summed E-state index contributed by atoms with van der Waals surface area (Å²) in [6.45, 7) is 1.29. The molecule has 5 aliphatic rings. The lowest BCUT2D eigenvalue weighted by atomic mass is 9.49. The number of carbonyl (C=O) groups excluding carboxylic acids is 1. The summed E-state index contributed by atoms with van der Waals surface area (Å²) in [4.78, 5) is 15.7. The highest BCUT2D eigenvalue weighted by Crippen LogP contribution is 2.66. The number of nitrogens with one attached hydrogen (secondary N) is 1. The van der Waals surface area contributed by atoms with E-state index in [0.29, 0.717) is 43.0 Å². The van der Waals surface area contributed by atoms with E-state index in [4.69, 9.17) is 4.74 Å². The average molecular weight is 597 g/mol. The van der Waals surface area contributed by atoms with Gasteiger partial charge < -0.3 is 25.4 Å². The van der Waals surface area contributed by atoms with Crippen LogP contribution in [-0.2, 0) is 29.0 Å². The molecule has 0 unspecified atom stereocenters. The molecule has 0 radical (unpaired) electrons. The highest BCUT2D eigenvalue weighted by Gasteiger charge is 2.73. The van der Waals surface area contributed by atoms with Gasteiger partial charge in [-0.25, -0.2) is 0 Å². The van der Waals surface area contributed by atoms with Crippen molar-refractivity contribution in [3.05, 3.63) is 63.9 Å². The molecule has 4 atom stereocenters.